The molecule has 4 N–H and O–H groups in total. The predicted molar refractivity (Wildman–Crippen MR) is 67.2 cm³/mol. The molecule has 2 rings (SSSR count). The highest BCUT2D eigenvalue weighted by atomic mass is 35.5. The number of benzene rings is 2. The highest BCUT2D eigenvalue weighted by Crippen LogP contribution is 2.18. The van der Waals surface area contributed by atoms with Crippen LogP contribution in [-0.4, -0.2) is 6.54 Å². The lowest BCUT2D eigenvalue weighted by atomic mass is 10.0. The average Bonchev–Trinajstić information content (AvgIpc) is 2.27. The summed E-state index contributed by atoms with van der Waals surface area (Å²) in [6.45, 7) is 0.484. The Labute approximate surface area is 95.7 Å². The first-order valence-electron chi connectivity index (χ1n) is 4.75. The second-order valence-corrected chi connectivity index (χ2v) is 3.45. The lowest BCUT2D eigenvalue weighted by Gasteiger charge is -2.09. The van der Waals surface area contributed by atoms with Crippen LogP contribution >= 0.6 is 12.4 Å². The van der Waals surface area contributed by atoms with E-state index in [0.717, 1.165) is 5.56 Å². The molecule has 80 valence electrons. The van der Waals surface area contributed by atoms with Crippen molar-refractivity contribution < 1.29 is 0 Å². The van der Waals surface area contributed by atoms with Gasteiger partial charge in [0.2, 0.25) is 0 Å². The molecular formula is C12H15ClN2. The monoisotopic (exact) mass is 222 g/mol. The molecule has 2 nitrogen and oxygen atoms in total. The van der Waals surface area contributed by atoms with Gasteiger partial charge >= 0.3 is 0 Å². The van der Waals surface area contributed by atoms with Gasteiger partial charge in [-0.25, -0.2) is 0 Å². The summed E-state index contributed by atoms with van der Waals surface area (Å²) in [6, 6.07) is 14.4. The van der Waals surface area contributed by atoms with Crippen molar-refractivity contribution in [2.75, 3.05) is 6.54 Å². The summed E-state index contributed by atoms with van der Waals surface area (Å²) < 4.78 is 0. The minimum Gasteiger partial charge on any atom is -0.329 e. The molecule has 0 radical (unpaired) electrons. The minimum absolute atomic E-state index is 0. The second kappa shape index (κ2) is 5.12. The molecular weight excluding hydrogens is 208 g/mol. The van der Waals surface area contributed by atoms with E-state index >= 15 is 0 Å². The molecule has 0 aliphatic rings. The zero-order chi connectivity index (χ0) is 9.97. The van der Waals surface area contributed by atoms with Gasteiger partial charge in [0.05, 0.1) is 0 Å². The quantitative estimate of drug-likeness (QED) is 0.819. The van der Waals surface area contributed by atoms with E-state index in [2.05, 4.69) is 24.3 Å². The Morgan fingerprint density at radius 2 is 1.67 bits per heavy atom. The first-order chi connectivity index (χ1) is 6.81. The Kier molecular flexibility index (Phi) is 4.09. The van der Waals surface area contributed by atoms with Gasteiger partial charge < -0.3 is 11.5 Å². The van der Waals surface area contributed by atoms with Crippen LogP contribution in [0, 0.1) is 0 Å². The molecule has 0 unspecified atom stereocenters. The number of rotatable bonds is 2. The number of hydrogen-bond acceptors (Lipinski definition) is 2. The van der Waals surface area contributed by atoms with E-state index in [4.69, 9.17) is 11.5 Å². The SMILES string of the molecule is Cl.NC[C@@H](N)c1ccc2ccccc2c1. The van der Waals surface area contributed by atoms with Crippen molar-refractivity contribution >= 4 is 23.2 Å². The zero-order valence-corrected chi connectivity index (χ0v) is 9.21. The summed E-state index contributed by atoms with van der Waals surface area (Å²) in [7, 11) is 0. The smallest absolute Gasteiger partial charge is 0.0419 e. The first kappa shape index (κ1) is 12.0. The number of hydrogen-bond donors (Lipinski definition) is 2. The predicted octanol–water partition coefficient (Wildman–Crippen LogP) is 2.22. The highest BCUT2D eigenvalue weighted by Gasteiger charge is 2.03. The van der Waals surface area contributed by atoms with Crippen LogP contribution in [0.1, 0.15) is 11.6 Å². The molecule has 0 amide bonds. The molecule has 0 saturated heterocycles. The van der Waals surface area contributed by atoms with Crippen molar-refractivity contribution in [3.63, 3.8) is 0 Å². The molecule has 0 aliphatic heterocycles. The molecule has 3 heteroatoms. The van der Waals surface area contributed by atoms with Crippen molar-refractivity contribution in [3.05, 3.63) is 48.0 Å². The largest absolute Gasteiger partial charge is 0.329 e. The van der Waals surface area contributed by atoms with Gasteiger partial charge in [-0.05, 0) is 22.4 Å². The molecule has 0 aliphatic carbocycles. The summed E-state index contributed by atoms with van der Waals surface area (Å²) in [5, 5.41) is 2.45. The number of nitrogens with two attached hydrogens (primary N) is 2. The summed E-state index contributed by atoms with van der Waals surface area (Å²) >= 11 is 0. The topological polar surface area (TPSA) is 52.0 Å². The van der Waals surface area contributed by atoms with E-state index in [1.54, 1.807) is 0 Å². The fourth-order valence-corrected chi connectivity index (χ4v) is 1.57. The molecule has 0 bridgehead atoms. The zero-order valence-electron chi connectivity index (χ0n) is 8.39. The van der Waals surface area contributed by atoms with Gasteiger partial charge in [0.15, 0.2) is 0 Å². The summed E-state index contributed by atoms with van der Waals surface area (Å²) in [6.07, 6.45) is 0. The molecule has 0 heterocycles. The molecule has 15 heavy (non-hydrogen) atoms. The normalized spacial score (nSPS) is 12.1. The maximum atomic E-state index is 5.86. The van der Waals surface area contributed by atoms with Gasteiger partial charge in [0.25, 0.3) is 0 Å². The van der Waals surface area contributed by atoms with Gasteiger partial charge in [0.1, 0.15) is 0 Å². The fourth-order valence-electron chi connectivity index (χ4n) is 1.57. The van der Waals surface area contributed by atoms with Gasteiger partial charge in [-0.2, -0.15) is 0 Å². The van der Waals surface area contributed by atoms with Gasteiger partial charge in [0, 0.05) is 12.6 Å². The first-order valence-corrected chi connectivity index (χ1v) is 4.75. The van der Waals surface area contributed by atoms with Crippen LogP contribution in [-0.2, 0) is 0 Å². The number of fused-ring (bicyclic) bond motifs is 1. The van der Waals surface area contributed by atoms with E-state index < -0.39 is 0 Å². The van der Waals surface area contributed by atoms with E-state index in [0.29, 0.717) is 6.54 Å². The van der Waals surface area contributed by atoms with Crippen LogP contribution in [0.5, 0.6) is 0 Å². The van der Waals surface area contributed by atoms with Crippen molar-refractivity contribution in [2.24, 2.45) is 11.5 Å². The van der Waals surface area contributed by atoms with E-state index in [-0.39, 0.29) is 18.4 Å². The third kappa shape index (κ3) is 2.48. The highest BCUT2D eigenvalue weighted by molar-refractivity contribution is 5.85. The maximum Gasteiger partial charge on any atom is 0.0419 e. The second-order valence-electron chi connectivity index (χ2n) is 3.45. The Balaban J connectivity index is 0.00000112. The van der Waals surface area contributed by atoms with Crippen molar-refractivity contribution in [2.45, 2.75) is 6.04 Å². The van der Waals surface area contributed by atoms with Crippen molar-refractivity contribution in [1.82, 2.24) is 0 Å². The molecule has 0 spiro atoms. The van der Waals surface area contributed by atoms with E-state index in [1.807, 2.05) is 18.2 Å². The van der Waals surface area contributed by atoms with Gasteiger partial charge in [-0.3, -0.25) is 0 Å². The van der Waals surface area contributed by atoms with Gasteiger partial charge in [-0.1, -0.05) is 36.4 Å². The fraction of sp³-hybridized carbons (Fsp3) is 0.167. The lowest BCUT2D eigenvalue weighted by Crippen LogP contribution is -2.20. The third-order valence-corrected chi connectivity index (χ3v) is 2.46. The maximum absolute atomic E-state index is 5.86. The van der Waals surface area contributed by atoms with E-state index in [9.17, 15) is 0 Å². The molecule has 1 atom stereocenters. The van der Waals surface area contributed by atoms with Gasteiger partial charge in [-0.15, -0.1) is 12.4 Å². The molecule has 2 aromatic rings. The standard InChI is InChI=1S/C12H14N2.ClH/c13-8-12(14)11-6-5-9-3-1-2-4-10(9)7-11;/h1-7,12H,8,13-14H2;1H/t12-;/m1./s1. The van der Waals surface area contributed by atoms with E-state index in [1.165, 1.54) is 10.8 Å². The van der Waals surface area contributed by atoms with Crippen molar-refractivity contribution in [1.29, 1.82) is 0 Å². The van der Waals surface area contributed by atoms with Crippen LogP contribution in [0.3, 0.4) is 0 Å². The van der Waals surface area contributed by atoms with Crippen LogP contribution in [0.2, 0.25) is 0 Å². The average molecular weight is 223 g/mol. The molecule has 0 aromatic heterocycles. The van der Waals surface area contributed by atoms with Crippen LogP contribution < -0.4 is 11.5 Å². The third-order valence-electron chi connectivity index (χ3n) is 2.46. The Hall–Kier alpha value is -1.09. The Morgan fingerprint density at radius 3 is 2.33 bits per heavy atom. The summed E-state index contributed by atoms with van der Waals surface area (Å²) in [5.41, 5.74) is 12.5. The minimum atomic E-state index is -0.0559. The van der Waals surface area contributed by atoms with Crippen LogP contribution in [0.25, 0.3) is 10.8 Å². The Morgan fingerprint density at radius 1 is 1.00 bits per heavy atom. The molecule has 0 saturated carbocycles. The van der Waals surface area contributed by atoms with Crippen molar-refractivity contribution in [3.8, 4) is 0 Å². The van der Waals surface area contributed by atoms with Crippen LogP contribution in [0.15, 0.2) is 42.5 Å². The summed E-state index contributed by atoms with van der Waals surface area (Å²) in [4.78, 5) is 0. The van der Waals surface area contributed by atoms with Crippen LogP contribution in [0.4, 0.5) is 0 Å². The molecule has 0 fully saturated rings. The molecule has 2 aromatic carbocycles. The summed E-state index contributed by atoms with van der Waals surface area (Å²) in [5.74, 6) is 0. The lowest BCUT2D eigenvalue weighted by molar-refractivity contribution is 0.738. The Bertz CT molecular complexity index is 442. The number of halogens is 1.